The number of aliphatic hydroxyl groups is 2. The number of fused-ring (bicyclic) bond motifs is 2. The number of hydrogen-bond donors (Lipinski definition) is 3. The molecule has 0 unspecified atom stereocenters. The first-order valence-electron chi connectivity index (χ1n) is 6.90. The molecule has 1 aliphatic heterocycles. The van der Waals surface area contributed by atoms with Gasteiger partial charge in [-0.3, -0.25) is 4.57 Å². The van der Waals surface area contributed by atoms with Crippen LogP contribution in [-0.2, 0) is 4.74 Å². The highest BCUT2D eigenvalue weighted by molar-refractivity contribution is 6.18. The van der Waals surface area contributed by atoms with E-state index in [1.54, 1.807) is 18.4 Å². The summed E-state index contributed by atoms with van der Waals surface area (Å²) in [6.07, 6.45) is 1.26. The average molecular weight is 326 g/mol. The minimum absolute atomic E-state index is 0.0719. The van der Waals surface area contributed by atoms with E-state index in [9.17, 15) is 10.2 Å². The highest BCUT2D eigenvalue weighted by Crippen LogP contribution is 2.75. The Morgan fingerprint density at radius 2 is 2.05 bits per heavy atom. The van der Waals surface area contributed by atoms with Crippen LogP contribution in [0.5, 0.6) is 0 Å². The van der Waals surface area contributed by atoms with E-state index in [-0.39, 0.29) is 11.7 Å². The molecule has 4 rings (SSSR count). The lowest BCUT2D eigenvalue weighted by molar-refractivity contribution is -0.104. The number of hydrogen-bond acceptors (Lipinski definition) is 7. The molecule has 2 aromatic rings. The molecule has 2 aliphatic rings. The second-order valence-electron chi connectivity index (χ2n) is 6.37. The predicted molar refractivity (Wildman–Crippen MR) is 78.0 cm³/mol. The largest absolute Gasteiger partial charge is 0.383 e. The molecule has 22 heavy (non-hydrogen) atoms. The molecule has 1 saturated carbocycles. The molecule has 2 aromatic heterocycles. The summed E-state index contributed by atoms with van der Waals surface area (Å²) in [5.74, 6) is 0.315. The Morgan fingerprint density at radius 1 is 1.32 bits per heavy atom. The maximum absolute atomic E-state index is 11.1. The number of imidazole rings is 1. The summed E-state index contributed by atoms with van der Waals surface area (Å²) in [7, 11) is 0. The third-order valence-corrected chi connectivity index (χ3v) is 5.60. The van der Waals surface area contributed by atoms with E-state index in [2.05, 4.69) is 15.0 Å². The molecule has 1 saturated heterocycles. The van der Waals surface area contributed by atoms with Crippen LogP contribution in [0.2, 0.25) is 0 Å². The molecule has 118 valence electrons. The van der Waals surface area contributed by atoms with E-state index in [4.69, 9.17) is 22.1 Å². The van der Waals surface area contributed by atoms with Crippen molar-refractivity contribution in [3.63, 3.8) is 0 Å². The molecule has 0 aromatic carbocycles. The molecular weight excluding hydrogens is 310 g/mol. The molecule has 3 heterocycles. The topological polar surface area (TPSA) is 119 Å². The fraction of sp³-hybridized carbons (Fsp3) is 0.615. The number of alkyl halides is 1. The Morgan fingerprint density at radius 3 is 2.68 bits per heavy atom. The van der Waals surface area contributed by atoms with E-state index in [1.807, 2.05) is 0 Å². The van der Waals surface area contributed by atoms with Crippen molar-refractivity contribution >= 4 is 28.6 Å². The first-order valence-corrected chi connectivity index (χ1v) is 7.43. The third-order valence-electron chi connectivity index (χ3n) is 5.32. The molecule has 0 radical (unpaired) electrons. The normalized spacial score (nSPS) is 39.1. The van der Waals surface area contributed by atoms with Gasteiger partial charge in [0.2, 0.25) is 0 Å². The van der Waals surface area contributed by atoms with Crippen molar-refractivity contribution in [3.05, 3.63) is 12.7 Å². The highest BCUT2D eigenvalue weighted by atomic mass is 35.5. The second-order valence-corrected chi connectivity index (χ2v) is 6.68. The van der Waals surface area contributed by atoms with Crippen LogP contribution in [0.25, 0.3) is 11.2 Å². The molecule has 2 fully saturated rings. The van der Waals surface area contributed by atoms with Crippen LogP contribution in [0.15, 0.2) is 12.7 Å². The average Bonchev–Trinajstić information content (AvgIpc) is 2.86. The van der Waals surface area contributed by atoms with Crippen LogP contribution < -0.4 is 5.73 Å². The minimum Gasteiger partial charge on any atom is -0.383 e. The Labute approximate surface area is 130 Å². The van der Waals surface area contributed by atoms with E-state index >= 15 is 0 Å². The van der Waals surface area contributed by atoms with Gasteiger partial charge in [-0.2, -0.15) is 0 Å². The van der Waals surface area contributed by atoms with Crippen molar-refractivity contribution in [2.75, 3.05) is 11.6 Å². The monoisotopic (exact) mass is 325 g/mol. The Bertz CT molecular complexity index is 780. The van der Waals surface area contributed by atoms with Crippen molar-refractivity contribution in [1.29, 1.82) is 0 Å². The number of nitrogens with zero attached hydrogens (tertiary/aromatic N) is 4. The predicted octanol–water partition coefficient (Wildman–Crippen LogP) is 0.0467. The van der Waals surface area contributed by atoms with Gasteiger partial charge in [0.05, 0.1) is 12.2 Å². The van der Waals surface area contributed by atoms with Crippen LogP contribution in [0, 0.1) is 5.41 Å². The van der Waals surface area contributed by atoms with Crippen molar-refractivity contribution < 1.29 is 14.9 Å². The molecule has 0 amide bonds. The molecule has 1 aliphatic carbocycles. The zero-order chi connectivity index (χ0) is 15.9. The number of nitrogen functional groups attached to an aromatic ring is 1. The zero-order valence-corrected chi connectivity index (χ0v) is 12.8. The number of ether oxygens (including phenoxy) is 1. The van der Waals surface area contributed by atoms with Crippen LogP contribution in [0.4, 0.5) is 5.82 Å². The quantitative estimate of drug-likeness (QED) is 0.667. The first kappa shape index (κ1) is 14.1. The van der Waals surface area contributed by atoms with E-state index in [0.29, 0.717) is 11.2 Å². The molecular formula is C13H16ClN5O3. The molecule has 4 N–H and O–H groups in total. The summed E-state index contributed by atoms with van der Waals surface area (Å²) >= 11 is 5.91. The lowest BCUT2D eigenvalue weighted by atomic mass is 10.0. The van der Waals surface area contributed by atoms with Crippen LogP contribution in [-0.4, -0.2) is 52.9 Å². The highest BCUT2D eigenvalue weighted by Gasteiger charge is 2.92. The van der Waals surface area contributed by atoms with Crippen molar-refractivity contribution in [2.45, 2.75) is 37.4 Å². The summed E-state index contributed by atoms with van der Waals surface area (Å²) in [5.41, 5.74) is 2.98. The smallest absolute Gasteiger partial charge is 0.169 e. The van der Waals surface area contributed by atoms with Gasteiger partial charge in [0.1, 0.15) is 29.2 Å². The van der Waals surface area contributed by atoms with Crippen LogP contribution in [0.3, 0.4) is 0 Å². The summed E-state index contributed by atoms with van der Waals surface area (Å²) in [6.45, 7) is 3.56. The Balaban J connectivity index is 1.88. The van der Waals surface area contributed by atoms with Gasteiger partial charge < -0.3 is 20.7 Å². The lowest BCUT2D eigenvalue weighted by Crippen LogP contribution is -2.34. The van der Waals surface area contributed by atoms with E-state index in [0.717, 1.165) is 0 Å². The zero-order valence-electron chi connectivity index (χ0n) is 12.1. The van der Waals surface area contributed by atoms with Crippen molar-refractivity contribution in [1.82, 2.24) is 19.5 Å². The van der Waals surface area contributed by atoms with Gasteiger partial charge in [-0.1, -0.05) is 13.8 Å². The van der Waals surface area contributed by atoms with Crippen molar-refractivity contribution in [2.24, 2.45) is 5.41 Å². The summed E-state index contributed by atoms with van der Waals surface area (Å²) < 4.78 is 7.37. The van der Waals surface area contributed by atoms with Crippen LogP contribution in [0.1, 0.15) is 20.1 Å². The van der Waals surface area contributed by atoms with Gasteiger partial charge in [0, 0.05) is 5.41 Å². The van der Waals surface area contributed by atoms with Gasteiger partial charge in [0.25, 0.3) is 0 Å². The molecule has 9 heteroatoms. The van der Waals surface area contributed by atoms with Gasteiger partial charge in [-0.15, -0.1) is 11.6 Å². The Kier molecular flexibility index (Phi) is 2.50. The number of anilines is 1. The number of aromatic nitrogens is 4. The third kappa shape index (κ3) is 1.21. The molecule has 4 atom stereocenters. The van der Waals surface area contributed by atoms with Gasteiger partial charge in [0.15, 0.2) is 17.7 Å². The molecule has 0 bridgehead atoms. The fourth-order valence-electron chi connectivity index (χ4n) is 3.85. The van der Waals surface area contributed by atoms with Gasteiger partial charge >= 0.3 is 0 Å². The summed E-state index contributed by atoms with van der Waals surface area (Å²) in [4.78, 5) is 12.2. The number of halogens is 1. The fourth-order valence-corrected chi connectivity index (χ4v) is 4.15. The molecule has 8 nitrogen and oxygen atoms in total. The van der Waals surface area contributed by atoms with Crippen LogP contribution >= 0.6 is 11.6 Å². The number of rotatable bonds is 2. The maximum Gasteiger partial charge on any atom is 0.169 e. The lowest BCUT2D eigenvalue weighted by Gasteiger charge is -2.26. The maximum atomic E-state index is 11.1. The molecule has 0 spiro atoms. The Hall–Kier alpha value is -1.48. The van der Waals surface area contributed by atoms with E-state index < -0.39 is 28.9 Å². The SMILES string of the molecule is CC1(C)[C@]2(O)[C@@H](CCl)O[C@@H](n3cnc4c(N)ncnc43)[C@]12O. The van der Waals surface area contributed by atoms with Gasteiger partial charge in [-0.25, -0.2) is 15.0 Å². The van der Waals surface area contributed by atoms with Gasteiger partial charge in [-0.05, 0) is 0 Å². The second kappa shape index (κ2) is 3.88. The minimum atomic E-state index is -1.48. The standard InChI is InChI=1S/C13H16ClN5O3/c1-11(2)12(20)6(3-14)22-10(13(11,12)21)19-5-18-7-8(15)16-4-17-9(7)19/h4-6,10,20-21H,3H2,1-2H3,(H2,15,16,17)/t6-,10-,12-,13+/m1/s1. The number of nitrogens with two attached hydrogens (primary N) is 1. The van der Waals surface area contributed by atoms with E-state index in [1.165, 1.54) is 12.7 Å². The summed E-state index contributed by atoms with van der Waals surface area (Å²) in [6, 6.07) is 0. The summed E-state index contributed by atoms with van der Waals surface area (Å²) in [5, 5.41) is 21.9. The first-order chi connectivity index (χ1) is 10.3. The van der Waals surface area contributed by atoms with Crippen molar-refractivity contribution in [3.8, 4) is 0 Å².